The Morgan fingerprint density at radius 2 is 1.96 bits per heavy atom. The molecule has 2 aromatic rings. The molecule has 0 radical (unpaired) electrons. The topological polar surface area (TPSA) is 75.4 Å². The van der Waals surface area contributed by atoms with Gasteiger partial charge in [-0.1, -0.05) is 25.6 Å². The zero-order valence-corrected chi connectivity index (χ0v) is 15.3. The lowest BCUT2D eigenvalue weighted by Crippen LogP contribution is -2.30. The number of sulfonamides is 1. The van der Waals surface area contributed by atoms with E-state index in [1.807, 2.05) is 31.4 Å². The molecule has 0 atom stereocenters. The van der Waals surface area contributed by atoms with E-state index in [-0.39, 0.29) is 11.5 Å². The van der Waals surface area contributed by atoms with E-state index < -0.39 is 10.0 Å². The summed E-state index contributed by atoms with van der Waals surface area (Å²) in [6.45, 7) is 7.38. The van der Waals surface area contributed by atoms with Crippen LogP contribution in [0.1, 0.15) is 20.8 Å². The lowest BCUT2D eigenvalue weighted by atomic mass is 10.3. The Labute approximate surface area is 141 Å². The summed E-state index contributed by atoms with van der Waals surface area (Å²) in [7, 11) is -3.48. The molecule has 0 amide bonds. The molecule has 0 saturated carbocycles. The summed E-state index contributed by atoms with van der Waals surface area (Å²) in [6.07, 6.45) is 0. The predicted octanol–water partition coefficient (Wildman–Crippen LogP) is 2.17. The van der Waals surface area contributed by atoms with Gasteiger partial charge in [0.1, 0.15) is 0 Å². The lowest BCUT2D eigenvalue weighted by molar-refractivity contribution is 0.322. The first-order chi connectivity index (χ1) is 11.0. The third-order valence-electron chi connectivity index (χ3n) is 3.67. The molecule has 0 aliphatic rings. The standard InChI is InChI=1S/C15H23N3O3S2/c1-4-17(5-2)23(20,21)12-7-8-14-13(11-12)16-15(18(14)6-3)22-10-9-19/h7-8,11,19H,4-6,9-10H2,1-3H3. The van der Waals surface area contributed by atoms with Crippen LogP contribution in [0.4, 0.5) is 0 Å². The van der Waals surface area contributed by atoms with Gasteiger partial charge in [0.15, 0.2) is 5.16 Å². The summed E-state index contributed by atoms with van der Waals surface area (Å²) >= 11 is 1.47. The minimum Gasteiger partial charge on any atom is -0.396 e. The van der Waals surface area contributed by atoms with E-state index in [0.29, 0.717) is 24.4 Å². The summed E-state index contributed by atoms with van der Waals surface area (Å²) in [4.78, 5) is 4.81. The molecule has 1 heterocycles. The minimum atomic E-state index is -3.48. The van der Waals surface area contributed by atoms with Gasteiger partial charge in [-0.15, -0.1) is 0 Å². The second kappa shape index (κ2) is 7.65. The van der Waals surface area contributed by atoms with Gasteiger partial charge in [0.25, 0.3) is 0 Å². The number of hydrogen-bond donors (Lipinski definition) is 1. The van der Waals surface area contributed by atoms with Crippen LogP contribution in [-0.2, 0) is 16.6 Å². The molecule has 2 rings (SSSR count). The largest absolute Gasteiger partial charge is 0.396 e. The van der Waals surface area contributed by atoms with Crippen molar-refractivity contribution in [3.8, 4) is 0 Å². The van der Waals surface area contributed by atoms with Gasteiger partial charge in [0.2, 0.25) is 10.0 Å². The fourth-order valence-corrected chi connectivity index (χ4v) is 4.81. The molecule has 0 fully saturated rings. The van der Waals surface area contributed by atoms with E-state index in [1.54, 1.807) is 12.1 Å². The van der Waals surface area contributed by atoms with Crippen molar-refractivity contribution in [3.05, 3.63) is 18.2 Å². The second-order valence-corrected chi connectivity index (χ2v) is 7.95. The van der Waals surface area contributed by atoms with Gasteiger partial charge in [-0.05, 0) is 25.1 Å². The van der Waals surface area contributed by atoms with E-state index in [1.165, 1.54) is 16.1 Å². The average molecular weight is 358 g/mol. The fraction of sp³-hybridized carbons (Fsp3) is 0.533. The number of rotatable bonds is 8. The molecule has 0 spiro atoms. The summed E-state index contributed by atoms with van der Waals surface area (Å²) in [5, 5.41) is 9.79. The number of fused-ring (bicyclic) bond motifs is 1. The maximum Gasteiger partial charge on any atom is 0.243 e. The van der Waals surface area contributed by atoms with Crippen LogP contribution >= 0.6 is 11.8 Å². The molecular weight excluding hydrogens is 334 g/mol. The van der Waals surface area contributed by atoms with E-state index >= 15 is 0 Å². The summed E-state index contributed by atoms with van der Waals surface area (Å²) in [5.41, 5.74) is 1.58. The molecule has 0 bridgehead atoms. The van der Waals surface area contributed by atoms with Gasteiger partial charge >= 0.3 is 0 Å². The number of aliphatic hydroxyl groups is 1. The van der Waals surface area contributed by atoms with Crippen molar-refractivity contribution in [3.63, 3.8) is 0 Å². The molecule has 1 aromatic heterocycles. The number of hydrogen-bond acceptors (Lipinski definition) is 5. The normalized spacial score (nSPS) is 12.4. The molecule has 0 aliphatic carbocycles. The number of nitrogens with zero attached hydrogens (tertiary/aromatic N) is 3. The molecule has 0 unspecified atom stereocenters. The van der Waals surface area contributed by atoms with Crippen molar-refractivity contribution in [1.29, 1.82) is 0 Å². The first-order valence-electron chi connectivity index (χ1n) is 7.73. The van der Waals surface area contributed by atoms with Crippen molar-refractivity contribution >= 4 is 32.8 Å². The average Bonchev–Trinajstić information content (AvgIpc) is 2.90. The number of imidazole rings is 1. The molecule has 0 aliphatic heterocycles. The molecule has 6 nitrogen and oxygen atoms in total. The van der Waals surface area contributed by atoms with E-state index in [2.05, 4.69) is 4.98 Å². The molecule has 1 N–H and O–H groups in total. The number of aromatic nitrogens is 2. The van der Waals surface area contributed by atoms with Crippen LogP contribution in [0.3, 0.4) is 0 Å². The van der Waals surface area contributed by atoms with Crippen LogP contribution in [0, 0.1) is 0 Å². The van der Waals surface area contributed by atoms with Crippen LogP contribution in [0.25, 0.3) is 11.0 Å². The molecule has 8 heteroatoms. The maximum absolute atomic E-state index is 12.6. The lowest BCUT2D eigenvalue weighted by Gasteiger charge is -2.18. The van der Waals surface area contributed by atoms with Crippen LogP contribution in [-0.4, -0.2) is 52.8 Å². The summed E-state index contributed by atoms with van der Waals surface area (Å²) < 4.78 is 28.7. The number of benzene rings is 1. The first kappa shape index (κ1) is 18.3. The second-order valence-electron chi connectivity index (χ2n) is 4.95. The van der Waals surface area contributed by atoms with Crippen molar-refractivity contribution in [2.75, 3.05) is 25.4 Å². The molecular formula is C15H23N3O3S2. The van der Waals surface area contributed by atoms with Crippen LogP contribution in [0.2, 0.25) is 0 Å². The Hall–Kier alpha value is -1.09. The van der Waals surface area contributed by atoms with Gasteiger partial charge in [-0.25, -0.2) is 13.4 Å². The van der Waals surface area contributed by atoms with E-state index in [9.17, 15) is 8.42 Å². The Morgan fingerprint density at radius 1 is 1.26 bits per heavy atom. The third-order valence-corrected chi connectivity index (χ3v) is 6.67. The monoisotopic (exact) mass is 357 g/mol. The van der Waals surface area contributed by atoms with Gasteiger partial charge in [0.05, 0.1) is 22.5 Å². The molecule has 0 saturated heterocycles. The maximum atomic E-state index is 12.6. The quantitative estimate of drug-likeness (QED) is 0.733. The van der Waals surface area contributed by atoms with Crippen LogP contribution < -0.4 is 0 Å². The zero-order valence-electron chi connectivity index (χ0n) is 13.7. The summed E-state index contributed by atoms with van der Waals surface area (Å²) in [5.74, 6) is 0.563. The van der Waals surface area contributed by atoms with Crippen molar-refractivity contribution < 1.29 is 13.5 Å². The van der Waals surface area contributed by atoms with Crippen molar-refractivity contribution in [1.82, 2.24) is 13.9 Å². The van der Waals surface area contributed by atoms with Crippen LogP contribution in [0.15, 0.2) is 28.3 Å². The first-order valence-corrected chi connectivity index (χ1v) is 10.2. The SMILES string of the molecule is CCN(CC)S(=O)(=O)c1ccc2c(c1)nc(SCCO)n2CC. The highest BCUT2D eigenvalue weighted by Crippen LogP contribution is 2.27. The molecule has 128 valence electrons. The fourth-order valence-electron chi connectivity index (χ4n) is 2.51. The third kappa shape index (κ3) is 3.55. The van der Waals surface area contributed by atoms with Gasteiger partial charge in [-0.2, -0.15) is 4.31 Å². The number of aliphatic hydroxyl groups excluding tert-OH is 1. The Bertz CT molecular complexity index is 768. The highest BCUT2D eigenvalue weighted by atomic mass is 32.2. The number of aryl methyl sites for hydroxylation is 1. The smallest absolute Gasteiger partial charge is 0.243 e. The summed E-state index contributed by atoms with van der Waals surface area (Å²) in [6, 6.07) is 5.09. The highest BCUT2D eigenvalue weighted by molar-refractivity contribution is 7.99. The molecule has 23 heavy (non-hydrogen) atoms. The van der Waals surface area contributed by atoms with E-state index in [0.717, 1.165) is 17.2 Å². The zero-order chi connectivity index (χ0) is 17.0. The van der Waals surface area contributed by atoms with Gasteiger partial charge in [0, 0.05) is 25.4 Å². The van der Waals surface area contributed by atoms with Crippen molar-refractivity contribution in [2.24, 2.45) is 0 Å². The Morgan fingerprint density at radius 3 is 2.52 bits per heavy atom. The van der Waals surface area contributed by atoms with Crippen molar-refractivity contribution in [2.45, 2.75) is 37.4 Å². The molecule has 1 aromatic carbocycles. The van der Waals surface area contributed by atoms with E-state index in [4.69, 9.17) is 5.11 Å². The van der Waals surface area contributed by atoms with Gasteiger partial charge < -0.3 is 9.67 Å². The Balaban J connectivity index is 2.51. The minimum absolute atomic E-state index is 0.0825. The van der Waals surface area contributed by atoms with Gasteiger partial charge in [-0.3, -0.25) is 0 Å². The van der Waals surface area contributed by atoms with Crippen LogP contribution in [0.5, 0.6) is 0 Å². The predicted molar refractivity (Wildman–Crippen MR) is 93.3 cm³/mol. The highest BCUT2D eigenvalue weighted by Gasteiger charge is 2.22. The number of thioether (sulfide) groups is 1. The Kier molecular flexibility index (Phi) is 6.07.